The summed E-state index contributed by atoms with van der Waals surface area (Å²) in [5, 5.41) is 8.03. The molecule has 2 heterocycles. The Balaban J connectivity index is 1.46. The Bertz CT molecular complexity index is 2200. The fourth-order valence-electron chi connectivity index (χ4n) is 6.80. The number of benzene rings is 4. The first-order chi connectivity index (χ1) is 23.4. The molecule has 0 spiro atoms. The molecular formula is C39H40ClFN4O3Si. The molecule has 0 atom stereocenters. The third-order valence-corrected chi connectivity index (χ3v) is 14.5. The maximum atomic E-state index is 14.9. The number of para-hydroxylation sites is 1. The van der Waals surface area contributed by atoms with Gasteiger partial charge in [0.2, 0.25) is 0 Å². The van der Waals surface area contributed by atoms with E-state index < -0.39 is 19.7 Å². The predicted octanol–water partition coefficient (Wildman–Crippen LogP) is 7.35. The van der Waals surface area contributed by atoms with E-state index in [4.69, 9.17) is 21.1 Å². The van der Waals surface area contributed by atoms with E-state index in [0.717, 1.165) is 15.9 Å². The van der Waals surface area contributed by atoms with Gasteiger partial charge in [0.15, 0.2) is 5.82 Å². The lowest BCUT2D eigenvalue weighted by molar-refractivity contribution is 0.270. The minimum atomic E-state index is -2.90. The van der Waals surface area contributed by atoms with Crippen molar-refractivity contribution in [2.75, 3.05) is 0 Å². The van der Waals surface area contributed by atoms with Gasteiger partial charge in [-0.25, -0.2) is 9.18 Å². The Labute approximate surface area is 291 Å². The zero-order valence-corrected chi connectivity index (χ0v) is 30.3. The highest BCUT2D eigenvalue weighted by atomic mass is 35.5. The lowest BCUT2D eigenvalue weighted by atomic mass is 9.97. The van der Waals surface area contributed by atoms with E-state index in [9.17, 15) is 14.0 Å². The molecule has 2 aromatic heterocycles. The second-order valence-corrected chi connectivity index (χ2v) is 18.2. The van der Waals surface area contributed by atoms with Crippen molar-refractivity contribution >= 4 is 41.1 Å². The zero-order chi connectivity index (χ0) is 35.1. The fraction of sp³-hybridized carbons (Fsp3) is 0.256. The summed E-state index contributed by atoms with van der Waals surface area (Å²) in [5.41, 5.74) is 0.600. The number of pyridine rings is 1. The van der Waals surface area contributed by atoms with Crippen molar-refractivity contribution < 1.29 is 8.82 Å². The molecule has 0 saturated carbocycles. The number of fused-ring (bicyclic) bond motifs is 1. The lowest BCUT2D eigenvalue weighted by Gasteiger charge is -2.42. The smallest absolute Gasteiger partial charge is 0.350 e. The van der Waals surface area contributed by atoms with Crippen LogP contribution in [0.25, 0.3) is 22.1 Å². The van der Waals surface area contributed by atoms with Crippen LogP contribution < -0.4 is 21.6 Å². The van der Waals surface area contributed by atoms with Crippen LogP contribution in [0.2, 0.25) is 10.1 Å². The quantitative estimate of drug-likeness (QED) is 0.149. The summed E-state index contributed by atoms with van der Waals surface area (Å²) in [6.07, 6.45) is 1.64. The Morgan fingerprint density at radius 1 is 0.878 bits per heavy atom. The van der Waals surface area contributed by atoms with Crippen LogP contribution in [-0.2, 0) is 17.6 Å². The Morgan fingerprint density at radius 3 is 2.06 bits per heavy atom. The van der Waals surface area contributed by atoms with Gasteiger partial charge in [0.05, 0.1) is 17.3 Å². The maximum Gasteiger partial charge on any atom is 0.350 e. The van der Waals surface area contributed by atoms with Crippen LogP contribution in [0, 0.1) is 5.82 Å². The minimum absolute atomic E-state index is 0.00508. The van der Waals surface area contributed by atoms with Gasteiger partial charge in [0, 0.05) is 18.1 Å². The van der Waals surface area contributed by atoms with E-state index in [0.29, 0.717) is 28.8 Å². The molecule has 6 rings (SSSR count). The number of nitrogens with zero attached hydrogens (tertiary/aromatic N) is 4. The van der Waals surface area contributed by atoms with Crippen molar-refractivity contribution in [3.63, 3.8) is 0 Å². The molecule has 49 heavy (non-hydrogen) atoms. The molecule has 252 valence electrons. The summed E-state index contributed by atoms with van der Waals surface area (Å²) in [7, 11) is -2.90. The Morgan fingerprint density at radius 2 is 1.51 bits per heavy atom. The summed E-state index contributed by atoms with van der Waals surface area (Å²) in [6, 6.07) is 30.2. The van der Waals surface area contributed by atoms with Crippen molar-refractivity contribution in [3.8, 4) is 11.4 Å². The number of aromatic nitrogens is 4. The van der Waals surface area contributed by atoms with E-state index in [1.807, 2.05) is 57.2 Å². The average molecular weight is 695 g/mol. The van der Waals surface area contributed by atoms with Crippen LogP contribution in [-0.4, -0.2) is 27.2 Å². The van der Waals surface area contributed by atoms with Crippen molar-refractivity contribution in [1.29, 1.82) is 0 Å². The van der Waals surface area contributed by atoms with Gasteiger partial charge in [-0.1, -0.05) is 113 Å². The molecule has 6 aromatic rings. The Hall–Kier alpha value is -4.57. The highest BCUT2D eigenvalue weighted by molar-refractivity contribution is 6.99. The molecule has 0 fully saturated rings. The van der Waals surface area contributed by atoms with Crippen molar-refractivity contribution in [2.24, 2.45) is 0 Å². The number of rotatable bonds is 9. The van der Waals surface area contributed by atoms with Crippen LogP contribution in [0.3, 0.4) is 0 Å². The second kappa shape index (κ2) is 13.4. The van der Waals surface area contributed by atoms with Gasteiger partial charge in [0.25, 0.3) is 13.9 Å². The van der Waals surface area contributed by atoms with Crippen molar-refractivity contribution in [2.45, 2.75) is 65.7 Å². The highest BCUT2D eigenvalue weighted by Crippen LogP contribution is 2.37. The minimum Gasteiger partial charge on any atom is -0.400 e. The van der Waals surface area contributed by atoms with E-state index in [1.54, 1.807) is 35.0 Å². The molecule has 0 saturated heterocycles. The third-order valence-electron chi connectivity index (χ3n) is 9.17. The van der Waals surface area contributed by atoms with Crippen molar-refractivity contribution in [1.82, 2.24) is 18.9 Å². The largest absolute Gasteiger partial charge is 0.400 e. The highest BCUT2D eigenvalue weighted by Gasteiger charge is 2.50. The van der Waals surface area contributed by atoms with Crippen LogP contribution in [0.15, 0.2) is 113 Å². The average Bonchev–Trinajstić information content (AvgIpc) is 3.40. The second-order valence-electron chi connectivity index (χ2n) is 13.5. The molecule has 0 bridgehead atoms. The van der Waals surface area contributed by atoms with Crippen LogP contribution >= 0.6 is 11.6 Å². The lowest BCUT2D eigenvalue weighted by Crippen LogP contribution is -2.66. The van der Waals surface area contributed by atoms with Gasteiger partial charge in [-0.05, 0) is 69.5 Å². The van der Waals surface area contributed by atoms with E-state index in [2.05, 4.69) is 45.0 Å². The summed E-state index contributed by atoms with van der Waals surface area (Å²) in [4.78, 5) is 27.7. The Kier molecular flexibility index (Phi) is 9.37. The van der Waals surface area contributed by atoms with Crippen molar-refractivity contribution in [3.05, 3.63) is 146 Å². The summed E-state index contributed by atoms with van der Waals surface area (Å²) in [6.45, 7) is 13.1. The first-order valence-corrected chi connectivity index (χ1v) is 18.8. The molecule has 0 N–H and O–H groups in total. The van der Waals surface area contributed by atoms with Crippen LogP contribution in [0.1, 0.15) is 58.8 Å². The molecule has 7 nitrogen and oxygen atoms in total. The summed E-state index contributed by atoms with van der Waals surface area (Å²) >= 11 is 6.36. The molecule has 0 amide bonds. The third kappa shape index (κ3) is 6.00. The normalized spacial score (nSPS) is 12.3. The van der Waals surface area contributed by atoms with E-state index in [-0.39, 0.29) is 34.0 Å². The molecule has 4 aromatic carbocycles. The number of hydrogen-bond acceptors (Lipinski definition) is 4. The van der Waals surface area contributed by atoms with Gasteiger partial charge in [-0.3, -0.25) is 13.9 Å². The van der Waals surface area contributed by atoms with Crippen LogP contribution in [0.4, 0.5) is 4.39 Å². The monoisotopic (exact) mass is 694 g/mol. The molecule has 0 unspecified atom stereocenters. The molecular weight excluding hydrogens is 655 g/mol. The number of halogens is 2. The topological polar surface area (TPSA) is 71.0 Å². The van der Waals surface area contributed by atoms with Gasteiger partial charge in [-0.15, -0.1) is 5.10 Å². The zero-order valence-electron chi connectivity index (χ0n) is 28.6. The fourth-order valence-corrected chi connectivity index (χ4v) is 11.6. The summed E-state index contributed by atoms with van der Waals surface area (Å²) < 4.78 is 26.3. The molecule has 0 aliphatic rings. The standard InChI is InChI=1S/C39H40ClFN4O3Si/c1-7-43-35(25-48-49(39(4,5)6,28-15-10-8-11-16-28)29-17-12-9-13-18-29)42-45(38(43)47)27-21-22-30-31(23-27)32(26(2)3)24-44(37(30)46)36-33(40)19-14-20-34(36)41/h8-24,26H,7,25H2,1-6H3. The molecule has 10 heteroatoms. The summed E-state index contributed by atoms with van der Waals surface area (Å²) in [5.74, 6) is -0.116. The first kappa shape index (κ1) is 34.3. The van der Waals surface area contributed by atoms with Gasteiger partial charge < -0.3 is 4.43 Å². The molecule has 0 radical (unpaired) electrons. The van der Waals surface area contributed by atoms with Gasteiger partial charge >= 0.3 is 5.69 Å². The van der Waals surface area contributed by atoms with E-state index >= 15 is 0 Å². The van der Waals surface area contributed by atoms with Gasteiger partial charge in [0.1, 0.15) is 11.5 Å². The SMILES string of the molecule is CCn1c(CO[Si](c2ccccc2)(c2ccccc2)C(C)(C)C)nn(-c2ccc3c(=O)n(-c4c(F)cccc4Cl)cc(C(C)C)c3c2)c1=O. The number of hydrogen-bond donors (Lipinski definition) is 0. The first-order valence-electron chi connectivity index (χ1n) is 16.5. The molecule has 0 aliphatic carbocycles. The molecule has 0 aliphatic heterocycles. The predicted molar refractivity (Wildman–Crippen MR) is 198 cm³/mol. The van der Waals surface area contributed by atoms with E-state index in [1.165, 1.54) is 21.4 Å². The van der Waals surface area contributed by atoms with Crippen LogP contribution in [0.5, 0.6) is 0 Å². The van der Waals surface area contributed by atoms with Gasteiger partial charge in [-0.2, -0.15) is 4.68 Å². The maximum absolute atomic E-state index is 14.9.